The number of ether oxygens (including phenoxy) is 1. The number of hydrogen-bond acceptors (Lipinski definition) is 3. The van der Waals surface area contributed by atoms with Crippen LogP contribution in [0.5, 0.6) is 5.75 Å². The van der Waals surface area contributed by atoms with E-state index >= 15 is 0 Å². The van der Waals surface area contributed by atoms with Crippen LogP contribution in [0.3, 0.4) is 0 Å². The van der Waals surface area contributed by atoms with Crippen LogP contribution < -0.4 is 5.32 Å². The molecule has 0 atom stereocenters. The molecule has 1 amide bonds. The fourth-order valence-electron chi connectivity index (χ4n) is 2.08. The Hall–Kier alpha value is -1.55. The molecule has 1 rings (SSSR count). The minimum absolute atomic E-state index is 0.00278. The van der Waals surface area contributed by atoms with E-state index in [9.17, 15) is 9.90 Å². The van der Waals surface area contributed by atoms with Gasteiger partial charge in [0.15, 0.2) is 0 Å². The summed E-state index contributed by atoms with van der Waals surface area (Å²) < 4.78 is 5.48. The van der Waals surface area contributed by atoms with Gasteiger partial charge in [-0.2, -0.15) is 0 Å². The highest BCUT2D eigenvalue weighted by Gasteiger charge is 2.08. The van der Waals surface area contributed by atoms with Crippen LogP contribution in [-0.2, 0) is 4.74 Å². The summed E-state index contributed by atoms with van der Waals surface area (Å²) >= 11 is 0. The molecule has 118 valence electrons. The average molecular weight is 293 g/mol. The summed E-state index contributed by atoms with van der Waals surface area (Å²) in [5.41, 5.74) is 0.299. The van der Waals surface area contributed by atoms with Gasteiger partial charge in [0, 0.05) is 13.2 Å². The molecule has 0 radical (unpaired) electrons. The first-order valence-electron chi connectivity index (χ1n) is 7.89. The predicted molar refractivity (Wildman–Crippen MR) is 84.6 cm³/mol. The highest BCUT2D eigenvalue weighted by Crippen LogP contribution is 2.14. The Bertz CT molecular complexity index is 407. The SMILES string of the molecule is CCCCCCCCOCCNC(=O)c1ccccc1O. The van der Waals surface area contributed by atoms with Gasteiger partial charge in [0.05, 0.1) is 12.2 Å². The molecule has 0 saturated carbocycles. The van der Waals surface area contributed by atoms with E-state index < -0.39 is 0 Å². The molecule has 0 fully saturated rings. The van der Waals surface area contributed by atoms with Gasteiger partial charge in [0.25, 0.3) is 5.91 Å². The first-order chi connectivity index (χ1) is 10.3. The van der Waals surface area contributed by atoms with Crippen molar-refractivity contribution < 1.29 is 14.6 Å². The molecule has 4 heteroatoms. The monoisotopic (exact) mass is 293 g/mol. The van der Waals surface area contributed by atoms with Gasteiger partial charge in [-0.25, -0.2) is 0 Å². The molecular weight excluding hydrogens is 266 g/mol. The summed E-state index contributed by atoms with van der Waals surface area (Å²) in [5.74, 6) is -0.265. The second-order valence-electron chi connectivity index (χ2n) is 5.15. The lowest BCUT2D eigenvalue weighted by molar-refractivity contribution is 0.0909. The van der Waals surface area contributed by atoms with Crippen LogP contribution in [0.25, 0.3) is 0 Å². The van der Waals surface area contributed by atoms with Crippen molar-refractivity contribution in [1.29, 1.82) is 0 Å². The van der Waals surface area contributed by atoms with Crippen LogP contribution in [0.2, 0.25) is 0 Å². The van der Waals surface area contributed by atoms with Gasteiger partial charge >= 0.3 is 0 Å². The minimum Gasteiger partial charge on any atom is -0.507 e. The highest BCUT2D eigenvalue weighted by molar-refractivity contribution is 5.96. The van der Waals surface area contributed by atoms with E-state index in [1.807, 2.05) is 0 Å². The Morgan fingerprint density at radius 2 is 1.81 bits per heavy atom. The molecule has 1 aromatic rings. The molecule has 0 saturated heterocycles. The number of benzene rings is 1. The average Bonchev–Trinajstić information content (AvgIpc) is 2.49. The normalized spacial score (nSPS) is 10.5. The van der Waals surface area contributed by atoms with Crippen molar-refractivity contribution >= 4 is 5.91 Å². The lowest BCUT2D eigenvalue weighted by Crippen LogP contribution is -2.27. The summed E-state index contributed by atoms with van der Waals surface area (Å²) in [6.07, 6.45) is 7.47. The Kier molecular flexibility index (Phi) is 9.29. The number of phenols is 1. The van der Waals surface area contributed by atoms with Gasteiger partial charge < -0.3 is 15.2 Å². The van der Waals surface area contributed by atoms with E-state index in [2.05, 4.69) is 12.2 Å². The van der Waals surface area contributed by atoms with E-state index in [0.717, 1.165) is 13.0 Å². The fraction of sp³-hybridized carbons (Fsp3) is 0.588. The Balaban J connectivity index is 1.99. The predicted octanol–water partition coefficient (Wildman–Crippen LogP) is 3.50. The maximum absolute atomic E-state index is 11.8. The number of phenolic OH excluding ortho intramolecular Hbond substituents is 1. The van der Waals surface area contributed by atoms with E-state index in [-0.39, 0.29) is 11.7 Å². The third kappa shape index (κ3) is 7.71. The largest absolute Gasteiger partial charge is 0.507 e. The van der Waals surface area contributed by atoms with Crippen LogP contribution >= 0.6 is 0 Å². The molecule has 0 unspecified atom stereocenters. The van der Waals surface area contributed by atoms with Crippen molar-refractivity contribution in [3.63, 3.8) is 0 Å². The van der Waals surface area contributed by atoms with Crippen LogP contribution in [0.15, 0.2) is 24.3 Å². The second kappa shape index (κ2) is 11.1. The van der Waals surface area contributed by atoms with Crippen LogP contribution in [0, 0.1) is 0 Å². The van der Waals surface area contributed by atoms with Gasteiger partial charge in [-0.15, -0.1) is 0 Å². The molecule has 0 bridgehead atoms. The summed E-state index contributed by atoms with van der Waals surface area (Å²) in [7, 11) is 0. The zero-order valence-corrected chi connectivity index (χ0v) is 12.9. The van der Waals surface area contributed by atoms with Gasteiger partial charge in [-0.1, -0.05) is 51.2 Å². The van der Waals surface area contributed by atoms with Crippen molar-refractivity contribution in [2.24, 2.45) is 0 Å². The lowest BCUT2D eigenvalue weighted by atomic mass is 10.1. The number of nitrogens with one attached hydrogen (secondary N) is 1. The zero-order chi connectivity index (χ0) is 15.3. The number of rotatable bonds is 11. The molecule has 21 heavy (non-hydrogen) atoms. The highest BCUT2D eigenvalue weighted by atomic mass is 16.5. The number of carbonyl (C=O) groups excluding carboxylic acids is 1. The van der Waals surface area contributed by atoms with Crippen LogP contribution in [-0.4, -0.2) is 30.8 Å². The molecule has 4 nitrogen and oxygen atoms in total. The van der Waals surface area contributed by atoms with Gasteiger partial charge in [-0.3, -0.25) is 4.79 Å². The zero-order valence-electron chi connectivity index (χ0n) is 12.9. The van der Waals surface area contributed by atoms with Crippen molar-refractivity contribution in [3.8, 4) is 5.75 Å². The van der Waals surface area contributed by atoms with Gasteiger partial charge in [-0.05, 0) is 18.6 Å². The fourth-order valence-corrected chi connectivity index (χ4v) is 2.08. The third-order valence-corrected chi connectivity index (χ3v) is 3.32. The minimum atomic E-state index is -0.267. The number of para-hydroxylation sites is 1. The van der Waals surface area contributed by atoms with Gasteiger partial charge in [0.2, 0.25) is 0 Å². The standard InChI is InChI=1S/C17H27NO3/c1-2-3-4-5-6-9-13-21-14-12-18-17(20)15-10-7-8-11-16(15)19/h7-8,10-11,19H,2-6,9,12-14H2,1H3,(H,18,20). The van der Waals surface area contributed by atoms with Crippen molar-refractivity contribution in [1.82, 2.24) is 5.32 Å². The third-order valence-electron chi connectivity index (χ3n) is 3.32. The molecule has 2 N–H and O–H groups in total. The summed E-state index contributed by atoms with van der Waals surface area (Å²) in [6, 6.07) is 6.52. The van der Waals surface area contributed by atoms with Crippen LogP contribution in [0.1, 0.15) is 55.8 Å². The number of unbranched alkanes of at least 4 members (excludes halogenated alkanes) is 5. The Morgan fingerprint density at radius 1 is 1.10 bits per heavy atom. The van der Waals surface area contributed by atoms with Crippen molar-refractivity contribution in [2.45, 2.75) is 45.4 Å². The Morgan fingerprint density at radius 3 is 2.57 bits per heavy atom. The maximum Gasteiger partial charge on any atom is 0.255 e. The first kappa shape index (κ1) is 17.5. The number of aromatic hydroxyl groups is 1. The molecular formula is C17H27NO3. The molecule has 0 aromatic heterocycles. The Labute approximate surface area is 127 Å². The lowest BCUT2D eigenvalue weighted by Gasteiger charge is -2.07. The topological polar surface area (TPSA) is 58.6 Å². The van der Waals surface area contributed by atoms with Crippen molar-refractivity contribution in [2.75, 3.05) is 19.8 Å². The maximum atomic E-state index is 11.8. The number of carbonyl (C=O) groups is 1. The van der Waals surface area contributed by atoms with E-state index in [1.54, 1.807) is 18.2 Å². The molecule has 1 aromatic carbocycles. The number of hydrogen-bond donors (Lipinski definition) is 2. The quantitative estimate of drug-likeness (QED) is 0.614. The summed E-state index contributed by atoms with van der Waals surface area (Å²) in [6.45, 7) is 3.93. The molecule has 0 heterocycles. The van der Waals surface area contributed by atoms with Crippen molar-refractivity contribution in [3.05, 3.63) is 29.8 Å². The first-order valence-corrected chi connectivity index (χ1v) is 7.89. The summed E-state index contributed by atoms with van der Waals surface area (Å²) in [4.78, 5) is 11.8. The summed E-state index contributed by atoms with van der Waals surface area (Å²) in [5, 5.41) is 12.3. The second-order valence-corrected chi connectivity index (χ2v) is 5.15. The van der Waals surface area contributed by atoms with E-state index in [1.165, 1.54) is 38.2 Å². The van der Waals surface area contributed by atoms with E-state index in [0.29, 0.717) is 18.7 Å². The number of amides is 1. The molecule has 0 spiro atoms. The molecule has 0 aliphatic rings. The smallest absolute Gasteiger partial charge is 0.255 e. The van der Waals surface area contributed by atoms with Gasteiger partial charge in [0.1, 0.15) is 5.75 Å². The molecule has 0 aliphatic carbocycles. The van der Waals surface area contributed by atoms with Crippen LogP contribution in [0.4, 0.5) is 0 Å². The van der Waals surface area contributed by atoms with E-state index in [4.69, 9.17) is 4.74 Å². The molecule has 0 aliphatic heterocycles.